The number of nitrogens with zero attached hydrogens (tertiary/aromatic N) is 1. The molecule has 0 amide bonds. The fraction of sp³-hybridized carbons (Fsp3) is 0.0476. The van der Waals surface area contributed by atoms with Gasteiger partial charge in [0.05, 0.1) is 15.0 Å². The molecular weight excluding hydrogens is 410 g/mol. The molecule has 0 N–H and O–H groups in total. The van der Waals surface area contributed by atoms with Crippen molar-refractivity contribution < 1.29 is 4.79 Å². The Labute approximate surface area is 162 Å². The molecule has 4 aromatic rings. The molecule has 0 spiro atoms. The Hall–Kier alpha value is -2.50. The van der Waals surface area contributed by atoms with Crippen LogP contribution in [0.25, 0.3) is 15.9 Å². The van der Waals surface area contributed by atoms with E-state index in [1.165, 1.54) is 17.4 Å². The highest BCUT2D eigenvalue weighted by molar-refractivity contribution is 9.11. The van der Waals surface area contributed by atoms with Crippen LogP contribution in [-0.2, 0) is 0 Å². The lowest BCUT2D eigenvalue weighted by molar-refractivity contribution is 0.104. The van der Waals surface area contributed by atoms with Gasteiger partial charge in [0.1, 0.15) is 4.83 Å². The zero-order valence-electron chi connectivity index (χ0n) is 13.9. The second-order valence-corrected chi connectivity index (χ2v) is 8.32. The number of benzene rings is 2. The molecule has 2 aromatic heterocycles. The standard InChI is InChI=1S/C21H14BrNO2S/c1-13-7-9-15(10-8-13)23-17(24)12-11-16-18(20(22)26-21(16)23)19(25)14-5-3-2-4-6-14/h2-12H,1H3. The van der Waals surface area contributed by atoms with Gasteiger partial charge in [-0.1, -0.05) is 48.0 Å². The molecule has 0 fully saturated rings. The molecule has 0 saturated heterocycles. The molecule has 26 heavy (non-hydrogen) atoms. The number of aromatic nitrogens is 1. The summed E-state index contributed by atoms with van der Waals surface area (Å²) in [4.78, 5) is 26.3. The minimum absolute atomic E-state index is 0.0576. The highest BCUT2D eigenvalue weighted by atomic mass is 79.9. The van der Waals surface area contributed by atoms with E-state index in [-0.39, 0.29) is 11.3 Å². The van der Waals surface area contributed by atoms with Crippen LogP contribution in [0, 0.1) is 6.92 Å². The molecule has 0 bridgehead atoms. The Kier molecular flexibility index (Phi) is 4.34. The highest BCUT2D eigenvalue weighted by Crippen LogP contribution is 2.37. The van der Waals surface area contributed by atoms with E-state index in [4.69, 9.17) is 0 Å². The van der Waals surface area contributed by atoms with Crippen molar-refractivity contribution >= 4 is 43.3 Å². The van der Waals surface area contributed by atoms with Gasteiger partial charge in [-0.15, -0.1) is 11.3 Å². The van der Waals surface area contributed by atoms with E-state index in [9.17, 15) is 9.59 Å². The van der Waals surface area contributed by atoms with Gasteiger partial charge in [0.2, 0.25) is 0 Å². The summed E-state index contributed by atoms with van der Waals surface area (Å²) in [5.41, 5.74) is 3.02. The van der Waals surface area contributed by atoms with Crippen LogP contribution in [0.4, 0.5) is 0 Å². The quantitative estimate of drug-likeness (QED) is 0.416. The lowest BCUT2D eigenvalue weighted by Gasteiger charge is -2.08. The third kappa shape index (κ3) is 2.83. The largest absolute Gasteiger partial charge is 0.289 e. The zero-order valence-corrected chi connectivity index (χ0v) is 16.3. The number of carbonyl (C=O) groups excluding carboxylic acids is 1. The van der Waals surface area contributed by atoms with E-state index in [0.717, 1.165) is 25.3 Å². The molecule has 0 aliphatic carbocycles. The molecular formula is C21H14BrNO2S. The number of rotatable bonds is 3. The van der Waals surface area contributed by atoms with Crippen LogP contribution in [0.2, 0.25) is 0 Å². The molecule has 3 nitrogen and oxygen atoms in total. The summed E-state index contributed by atoms with van der Waals surface area (Å²) in [7, 11) is 0. The van der Waals surface area contributed by atoms with Crippen molar-refractivity contribution in [2.45, 2.75) is 6.92 Å². The number of hydrogen-bond acceptors (Lipinski definition) is 3. The lowest BCUT2D eigenvalue weighted by atomic mass is 10.0. The van der Waals surface area contributed by atoms with Gasteiger partial charge >= 0.3 is 0 Å². The van der Waals surface area contributed by atoms with Crippen molar-refractivity contribution in [2.75, 3.05) is 0 Å². The monoisotopic (exact) mass is 423 g/mol. The maximum atomic E-state index is 13.0. The van der Waals surface area contributed by atoms with Crippen LogP contribution in [-0.4, -0.2) is 10.4 Å². The van der Waals surface area contributed by atoms with Crippen molar-refractivity contribution in [1.29, 1.82) is 0 Å². The zero-order chi connectivity index (χ0) is 18.3. The van der Waals surface area contributed by atoms with Crippen LogP contribution < -0.4 is 5.56 Å². The first kappa shape index (κ1) is 16.9. The molecule has 0 radical (unpaired) electrons. The number of fused-ring (bicyclic) bond motifs is 1. The average molecular weight is 424 g/mol. The first-order valence-corrected chi connectivity index (χ1v) is 9.68. The lowest BCUT2D eigenvalue weighted by Crippen LogP contribution is -2.16. The second kappa shape index (κ2) is 6.67. The second-order valence-electron chi connectivity index (χ2n) is 6.01. The number of aryl methyl sites for hydroxylation is 1. The predicted molar refractivity (Wildman–Crippen MR) is 110 cm³/mol. The van der Waals surface area contributed by atoms with E-state index < -0.39 is 0 Å². The van der Waals surface area contributed by atoms with Gasteiger partial charge in [-0.3, -0.25) is 14.2 Å². The van der Waals surface area contributed by atoms with Crippen molar-refractivity contribution in [3.8, 4) is 5.69 Å². The van der Waals surface area contributed by atoms with Gasteiger partial charge in [-0.2, -0.15) is 0 Å². The Bertz CT molecular complexity index is 1170. The normalized spacial score (nSPS) is 11.0. The van der Waals surface area contributed by atoms with Crippen LogP contribution in [0.1, 0.15) is 21.5 Å². The summed E-state index contributed by atoms with van der Waals surface area (Å²) < 4.78 is 2.39. The molecule has 0 saturated carbocycles. The summed E-state index contributed by atoms with van der Waals surface area (Å²) in [6.07, 6.45) is 0. The number of hydrogen-bond donors (Lipinski definition) is 0. The summed E-state index contributed by atoms with van der Waals surface area (Å²) >= 11 is 4.93. The van der Waals surface area contributed by atoms with Crippen LogP contribution in [0.15, 0.2) is 75.3 Å². The van der Waals surface area contributed by atoms with Crippen molar-refractivity contribution in [2.24, 2.45) is 0 Å². The van der Waals surface area contributed by atoms with Crippen molar-refractivity contribution in [1.82, 2.24) is 4.57 Å². The average Bonchev–Trinajstić information content (AvgIpc) is 2.98. The third-order valence-electron chi connectivity index (χ3n) is 4.25. The van der Waals surface area contributed by atoms with Crippen LogP contribution >= 0.6 is 27.3 Å². The fourth-order valence-electron chi connectivity index (χ4n) is 2.94. The molecule has 2 aromatic carbocycles. The molecule has 4 rings (SSSR count). The number of carbonyl (C=O) groups is 1. The van der Waals surface area contributed by atoms with E-state index >= 15 is 0 Å². The third-order valence-corrected chi connectivity index (χ3v) is 6.12. The van der Waals surface area contributed by atoms with Gasteiger partial charge in [0.15, 0.2) is 5.78 Å². The minimum Gasteiger partial charge on any atom is -0.289 e. The predicted octanol–water partition coefficient (Wildman–Crippen LogP) is 5.35. The molecule has 0 unspecified atom stereocenters. The Morgan fingerprint density at radius 2 is 1.65 bits per heavy atom. The Balaban J connectivity index is 1.97. The van der Waals surface area contributed by atoms with Gasteiger partial charge in [-0.05, 0) is 41.1 Å². The van der Waals surface area contributed by atoms with Crippen molar-refractivity contribution in [3.63, 3.8) is 0 Å². The van der Waals surface area contributed by atoms with Gasteiger partial charge in [0, 0.05) is 17.0 Å². The molecule has 0 atom stereocenters. The summed E-state index contributed by atoms with van der Waals surface area (Å²) in [6.45, 7) is 2.01. The molecule has 0 aliphatic heterocycles. The minimum atomic E-state index is -0.117. The topological polar surface area (TPSA) is 39.1 Å². The number of halogens is 1. The number of ketones is 1. The molecule has 0 aliphatic rings. The van der Waals surface area contributed by atoms with Gasteiger partial charge < -0.3 is 0 Å². The van der Waals surface area contributed by atoms with E-state index in [0.29, 0.717) is 11.1 Å². The summed E-state index contributed by atoms with van der Waals surface area (Å²) in [6, 6.07) is 20.2. The maximum absolute atomic E-state index is 13.0. The van der Waals surface area contributed by atoms with E-state index in [1.54, 1.807) is 22.8 Å². The summed E-state index contributed by atoms with van der Waals surface area (Å²) in [5.74, 6) is -0.0576. The molecule has 128 valence electrons. The SMILES string of the molecule is Cc1ccc(-n2c(=O)ccc3c(C(=O)c4ccccc4)c(Br)sc32)cc1. The number of thiophene rings is 1. The van der Waals surface area contributed by atoms with Gasteiger partial charge in [0.25, 0.3) is 5.56 Å². The van der Waals surface area contributed by atoms with Crippen LogP contribution in [0.5, 0.6) is 0 Å². The first-order valence-electron chi connectivity index (χ1n) is 8.07. The first-order chi connectivity index (χ1) is 12.6. The smallest absolute Gasteiger partial charge is 0.256 e. The van der Waals surface area contributed by atoms with E-state index in [1.807, 2.05) is 49.4 Å². The van der Waals surface area contributed by atoms with Crippen LogP contribution in [0.3, 0.4) is 0 Å². The maximum Gasteiger partial charge on any atom is 0.256 e. The van der Waals surface area contributed by atoms with Crippen molar-refractivity contribution in [3.05, 3.63) is 97.6 Å². The summed E-state index contributed by atoms with van der Waals surface area (Å²) in [5, 5.41) is 0.774. The Morgan fingerprint density at radius 3 is 2.35 bits per heavy atom. The highest BCUT2D eigenvalue weighted by Gasteiger charge is 2.21. The van der Waals surface area contributed by atoms with Gasteiger partial charge in [-0.25, -0.2) is 0 Å². The number of pyridine rings is 1. The fourth-order valence-corrected chi connectivity index (χ4v) is 4.83. The molecule has 2 heterocycles. The Morgan fingerprint density at radius 1 is 0.962 bits per heavy atom. The molecule has 5 heteroatoms. The van der Waals surface area contributed by atoms with E-state index in [2.05, 4.69) is 15.9 Å².